The second-order valence-electron chi connectivity index (χ2n) is 6.62. The van der Waals surface area contributed by atoms with Crippen LogP contribution in [0, 0.1) is 5.92 Å². The molecule has 0 saturated heterocycles. The molecule has 154 valence electrons. The summed E-state index contributed by atoms with van der Waals surface area (Å²) in [5.41, 5.74) is 17.0. The molecule has 2 rings (SSSR count). The van der Waals surface area contributed by atoms with Crippen LogP contribution in [0.3, 0.4) is 0 Å². The number of carbonyl (C=O) groups is 3. The second kappa shape index (κ2) is 10.8. The summed E-state index contributed by atoms with van der Waals surface area (Å²) in [6.07, 6.45) is 2.50. The third-order valence-electron chi connectivity index (χ3n) is 4.43. The normalized spacial score (nSPS) is 12.4. The van der Waals surface area contributed by atoms with Crippen LogP contribution in [-0.2, 0) is 16.0 Å². The molecule has 0 radical (unpaired) electrons. The number of hydrogen-bond acceptors (Lipinski definition) is 5. The van der Waals surface area contributed by atoms with Gasteiger partial charge in [-0.1, -0.05) is 44.5 Å². The Hall–Kier alpha value is -3.46. The van der Waals surface area contributed by atoms with Gasteiger partial charge in [0.25, 0.3) is 5.91 Å². The van der Waals surface area contributed by atoms with Gasteiger partial charge in [0, 0.05) is 11.8 Å². The van der Waals surface area contributed by atoms with Crippen molar-refractivity contribution in [2.75, 3.05) is 0 Å². The van der Waals surface area contributed by atoms with Crippen LogP contribution in [0.1, 0.15) is 25.8 Å². The molecule has 0 bridgehead atoms. The van der Waals surface area contributed by atoms with Gasteiger partial charge in [0.15, 0.2) is 0 Å². The molecule has 2 atom stereocenters. The Bertz CT molecular complexity index is 843. The van der Waals surface area contributed by atoms with Gasteiger partial charge in [0.2, 0.25) is 5.91 Å². The molecule has 9 heteroatoms. The van der Waals surface area contributed by atoms with Gasteiger partial charge >= 0.3 is 6.03 Å². The van der Waals surface area contributed by atoms with Gasteiger partial charge < -0.3 is 5.73 Å². The minimum atomic E-state index is -0.787. The number of nitrogens with zero attached hydrogens (tertiary/aromatic N) is 1. The molecule has 0 saturated carbocycles. The third-order valence-corrected chi connectivity index (χ3v) is 4.43. The Morgan fingerprint density at radius 2 is 1.79 bits per heavy atom. The van der Waals surface area contributed by atoms with Crippen molar-refractivity contribution in [1.29, 1.82) is 0 Å². The Labute approximate surface area is 169 Å². The van der Waals surface area contributed by atoms with Crippen LogP contribution >= 0.6 is 0 Å². The zero-order valence-corrected chi connectivity index (χ0v) is 16.4. The molecule has 0 fully saturated rings. The summed E-state index contributed by atoms with van der Waals surface area (Å²) in [7, 11) is 0. The largest absolute Gasteiger partial charge is 0.352 e. The molecular weight excluding hydrogens is 372 g/mol. The van der Waals surface area contributed by atoms with E-state index < -0.39 is 23.9 Å². The maximum absolute atomic E-state index is 12.1. The highest BCUT2D eigenvalue weighted by molar-refractivity contribution is 5.86. The number of nitrogens with one attached hydrogen (secondary N) is 4. The maximum Gasteiger partial charge on any atom is 0.352 e. The molecule has 1 heterocycles. The van der Waals surface area contributed by atoms with E-state index in [-0.39, 0.29) is 12.3 Å². The lowest BCUT2D eigenvalue weighted by Gasteiger charge is -2.18. The number of nitrogens with two attached hydrogens (primary N) is 1. The highest BCUT2D eigenvalue weighted by Crippen LogP contribution is 2.17. The summed E-state index contributed by atoms with van der Waals surface area (Å²) in [6, 6.07) is 11.5. The zero-order valence-electron chi connectivity index (χ0n) is 16.4. The monoisotopic (exact) mass is 398 g/mol. The molecule has 1 aromatic heterocycles. The molecular formula is C20H26N6O3. The lowest BCUT2D eigenvalue weighted by molar-refractivity contribution is -0.124. The number of benzene rings is 1. The van der Waals surface area contributed by atoms with Crippen molar-refractivity contribution in [1.82, 2.24) is 26.7 Å². The molecule has 0 spiro atoms. The van der Waals surface area contributed by atoms with Gasteiger partial charge in [-0.05, 0) is 29.7 Å². The molecule has 2 unspecified atom stereocenters. The molecule has 4 amide bonds. The smallest absolute Gasteiger partial charge is 0.320 e. The lowest BCUT2D eigenvalue weighted by Crippen LogP contribution is -2.56. The summed E-state index contributed by atoms with van der Waals surface area (Å²) in [5.74, 6) is -0.950. The fraction of sp³-hybridized carbons (Fsp3) is 0.300. The van der Waals surface area contributed by atoms with Crippen LogP contribution in [0.2, 0.25) is 0 Å². The highest BCUT2D eigenvalue weighted by atomic mass is 16.2. The first-order chi connectivity index (χ1) is 13.9. The predicted molar refractivity (Wildman–Crippen MR) is 109 cm³/mol. The van der Waals surface area contributed by atoms with Crippen molar-refractivity contribution in [2.45, 2.75) is 32.7 Å². The molecule has 2 aromatic rings. The Kier molecular flexibility index (Phi) is 8.11. The van der Waals surface area contributed by atoms with Gasteiger partial charge in [-0.25, -0.2) is 15.6 Å². The summed E-state index contributed by atoms with van der Waals surface area (Å²) >= 11 is 0. The van der Waals surface area contributed by atoms with Crippen LogP contribution in [0.4, 0.5) is 4.79 Å². The van der Waals surface area contributed by atoms with Crippen LogP contribution in [0.5, 0.6) is 0 Å². The number of amides is 4. The van der Waals surface area contributed by atoms with Crippen molar-refractivity contribution in [3.8, 4) is 11.3 Å². The van der Waals surface area contributed by atoms with E-state index in [4.69, 9.17) is 5.73 Å². The van der Waals surface area contributed by atoms with Gasteiger partial charge in [-0.3, -0.25) is 25.4 Å². The van der Waals surface area contributed by atoms with Crippen LogP contribution in [-0.4, -0.2) is 28.9 Å². The lowest BCUT2D eigenvalue weighted by atomic mass is 10.00. The van der Waals surface area contributed by atoms with Crippen molar-refractivity contribution in [2.24, 2.45) is 11.7 Å². The second-order valence-corrected chi connectivity index (χ2v) is 6.62. The van der Waals surface area contributed by atoms with E-state index in [1.54, 1.807) is 6.20 Å². The number of rotatable bonds is 6. The van der Waals surface area contributed by atoms with E-state index in [0.29, 0.717) is 0 Å². The minimum Gasteiger partial charge on any atom is -0.320 e. The average Bonchev–Trinajstić information content (AvgIpc) is 2.75. The van der Waals surface area contributed by atoms with E-state index in [2.05, 4.69) is 26.7 Å². The van der Waals surface area contributed by atoms with Crippen molar-refractivity contribution >= 4 is 17.8 Å². The van der Waals surface area contributed by atoms with E-state index in [1.807, 2.05) is 56.3 Å². The molecule has 9 nitrogen and oxygen atoms in total. The standard InChI is InChI=1S/C20H26N6O3/c1-3-13(2)18(21)19(28)24-26-20(29)25-23-17(27)12-14-7-6-8-15(11-14)16-9-4-5-10-22-16/h4-11,13,18H,3,12,21H2,1-2H3,(H,23,27)(H,24,28)(H2,25,26,29). The molecule has 0 aliphatic carbocycles. The summed E-state index contributed by atoms with van der Waals surface area (Å²) in [5, 5.41) is 0. The van der Waals surface area contributed by atoms with E-state index in [9.17, 15) is 14.4 Å². The van der Waals surface area contributed by atoms with E-state index in [0.717, 1.165) is 23.2 Å². The number of carbonyl (C=O) groups excluding carboxylic acids is 3. The molecule has 1 aromatic carbocycles. The third kappa shape index (κ3) is 6.89. The molecule has 0 aliphatic heterocycles. The van der Waals surface area contributed by atoms with Crippen LogP contribution in [0.25, 0.3) is 11.3 Å². The minimum absolute atomic E-state index is 0.0265. The number of pyridine rings is 1. The predicted octanol–water partition coefficient (Wildman–Crippen LogP) is 1.03. The first-order valence-electron chi connectivity index (χ1n) is 9.31. The van der Waals surface area contributed by atoms with Crippen LogP contribution < -0.4 is 27.4 Å². The van der Waals surface area contributed by atoms with Gasteiger partial charge in [-0.2, -0.15) is 0 Å². The quantitative estimate of drug-likeness (QED) is 0.463. The topological polar surface area (TPSA) is 138 Å². The first kappa shape index (κ1) is 21.8. The molecule has 6 N–H and O–H groups in total. The maximum atomic E-state index is 12.1. The Morgan fingerprint density at radius 3 is 2.48 bits per heavy atom. The summed E-state index contributed by atoms with van der Waals surface area (Å²) in [6.45, 7) is 3.76. The van der Waals surface area contributed by atoms with E-state index >= 15 is 0 Å². The number of urea groups is 1. The summed E-state index contributed by atoms with van der Waals surface area (Å²) in [4.78, 5) is 39.9. The van der Waals surface area contributed by atoms with Crippen molar-refractivity contribution < 1.29 is 14.4 Å². The highest BCUT2D eigenvalue weighted by Gasteiger charge is 2.19. The molecule has 29 heavy (non-hydrogen) atoms. The van der Waals surface area contributed by atoms with Crippen molar-refractivity contribution in [3.63, 3.8) is 0 Å². The van der Waals surface area contributed by atoms with Crippen LogP contribution in [0.15, 0.2) is 48.7 Å². The fourth-order valence-electron chi connectivity index (χ4n) is 2.48. The van der Waals surface area contributed by atoms with Gasteiger partial charge in [-0.15, -0.1) is 0 Å². The first-order valence-corrected chi connectivity index (χ1v) is 9.31. The zero-order chi connectivity index (χ0) is 21.2. The number of hydrazine groups is 2. The molecule has 0 aliphatic rings. The summed E-state index contributed by atoms with van der Waals surface area (Å²) < 4.78 is 0. The van der Waals surface area contributed by atoms with E-state index in [1.165, 1.54) is 0 Å². The van der Waals surface area contributed by atoms with Crippen molar-refractivity contribution in [3.05, 3.63) is 54.2 Å². The van der Waals surface area contributed by atoms with Gasteiger partial charge in [0.05, 0.1) is 18.2 Å². The van der Waals surface area contributed by atoms with Gasteiger partial charge in [0.1, 0.15) is 0 Å². The fourth-order valence-corrected chi connectivity index (χ4v) is 2.48. The Balaban J connectivity index is 1.78. The number of hydrogen-bond donors (Lipinski definition) is 5. The number of aromatic nitrogens is 1. The Morgan fingerprint density at radius 1 is 1.03 bits per heavy atom. The average molecular weight is 398 g/mol. The SMILES string of the molecule is CCC(C)C(N)C(=O)NNC(=O)NNC(=O)Cc1cccc(-c2ccccn2)c1.